The maximum atomic E-state index is 11.8. The summed E-state index contributed by atoms with van der Waals surface area (Å²) in [5, 5.41) is 0. The molecule has 104 valence electrons. The monoisotopic (exact) mass is 258 g/mol. The molecule has 0 aliphatic heterocycles. The van der Waals surface area contributed by atoms with Gasteiger partial charge in [0.2, 0.25) is 0 Å². The van der Waals surface area contributed by atoms with Crippen LogP contribution in [0.5, 0.6) is 0 Å². The van der Waals surface area contributed by atoms with Gasteiger partial charge in [0.25, 0.3) is 0 Å². The Bertz CT molecular complexity index is 501. The van der Waals surface area contributed by atoms with Gasteiger partial charge in [-0.1, -0.05) is 33.8 Å². The molecule has 0 fully saturated rings. The molecular weight excluding hydrogens is 232 g/mol. The topological polar surface area (TPSA) is 17.1 Å². The van der Waals surface area contributed by atoms with Crippen molar-refractivity contribution in [2.24, 2.45) is 0 Å². The van der Waals surface area contributed by atoms with Crippen molar-refractivity contribution < 1.29 is 4.79 Å². The Morgan fingerprint density at radius 2 is 2.05 bits per heavy atom. The highest BCUT2D eigenvalue weighted by Gasteiger charge is 2.34. The predicted octanol–water partition coefficient (Wildman–Crippen LogP) is 5.02. The zero-order valence-electron chi connectivity index (χ0n) is 13.0. The van der Waals surface area contributed by atoms with E-state index in [9.17, 15) is 4.79 Å². The van der Waals surface area contributed by atoms with E-state index in [-0.39, 0.29) is 5.78 Å². The number of carbonyl (C=O) groups excluding carboxylic acids is 1. The first-order valence-electron chi connectivity index (χ1n) is 7.61. The Morgan fingerprint density at radius 3 is 2.58 bits per heavy atom. The molecule has 1 aromatic carbocycles. The summed E-state index contributed by atoms with van der Waals surface area (Å²) in [5.41, 5.74) is 5.36. The second-order valence-corrected chi connectivity index (χ2v) is 6.36. The second-order valence-electron chi connectivity index (χ2n) is 6.36. The van der Waals surface area contributed by atoms with Crippen LogP contribution in [0.25, 0.3) is 0 Å². The summed E-state index contributed by atoms with van der Waals surface area (Å²) in [7, 11) is 0. The van der Waals surface area contributed by atoms with E-state index >= 15 is 0 Å². The molecule has 0 radical (unpaired) electrons. The first kappa shape index (κ1) is 14.3. The van der Waals surface area contributed by atoms with E-state index in [1.165, 1.54) is 36.0 Å². The average Bonchev–Trinajstić information content (AvgIpc) is 2.41. The lowest BCUT2D eigenvalue weighted by atomic mass is 9.66. The SMILES string of the molecule is CCc1cc2c(cc1C(C)=O)[C@H](C)CC[C@@]2(C)CC. The molecule has 1 nitrogen and oxygen atoms in total. The van der Waals surface area contributed by atoms with Crippen LogP contribution >= 0.6 is 0 Å². The molecule has 1 aliphatic carbocycles. The summed E-state index contributed by atoms with van der Waals surface area (Å²) in [5.74, 6) is 0.786. The number of rotatable bonds is 3. The van der Waals surface area contributed by atoms with Crippen LogP contribution < -0.4 is 0 Å². The third-order valence-corrected chi connectivity index (χ3v) is 5.13. The van der Waals surface area contributed by atoms with Gasteiger partial charge in [-0.2, -0.15) is 0 Å². The van der Waals surface area contributed by atoms with Gasteiger partial charge in [-0.3, -0.25) is 4.79 Å². The van der Waals surface area contributed by atoms with E-state index in [1.54, 1.807) is 6.92 Å². The highest BCUT2D eigenvalue weighted by molar-refractivity contribution is 5.96. The summed E-state index contributed by atoms with van der Waals surface area (Å²) in [4.78, 5) is 11.8. The summed E-state index contributed by atoms with van der Waals surface area (Å²) in [6.07, 6.45) is 4.62. The van der Waals surface area contributed by atoms with Gasteiger partial charge in [-0.15, -0.1) is 0 Å². The van der Waals surface area contributed by atoms with Crippen molar-refractivity contribution in [2.45, 2.75) is 71.6 Å². The van der Waals surface area contributed by atoms with E-state index in [2.05, 4.69) is 39.8 Å². The maximum absolute atomic E-state index is 11.8. The fourth-order valence-corrected chi connectivity index (χ4v) is 3.40. The van der Waals surface area contributed by atoms with Crippen molar-refractivity contribution in [1.29, 1.82) is 0 Å². The summed E-state index contributed by atoms with van der Waals surface area (Å²) < 4.78 is 0. The smallest absolute Gasteiger partial charge is 0.160 e. The third-order valence-electron chi connectivity index (χ3n) is 5.13. The van der Waals surface area contributed by atoms with Crippen LogP contribution in [0.1, 0.15) is 86.8 Å². The quantitative estimate of drug-likeness (QED) is 0.696. The molecule has 0 aromatic heterocycles. The van der Waals surface area contributed by atoms with Gasteiger partial charge in [0.05, 0.1) is 0 Å². The van der Waals surface area contributed by atoms with Crippen LogP contribution in [0, 0.1) is 0 Å². The van der Waals surface area contributed by atoms with Crippen molar-refractivity contribution in [3.63, 3.8) is 0 Å². The minimum atomic E-state index is 0.204. The number of fused-ring (bicyclic) bond motifs is 1. The zero-order valence-corrected chi connectivity index (χ0v) is 13.0. The molecule has 1 heteroatoms. The molecule has 0 heterocycles. The molecule has 0 amide bonds. The minimum Gasteiger partial charge on any atom is -0.295 e. The van der Waals surface area contributed by atoms with Gasteiger partial charge >= 0.3 is 0 Å². The highest BCUT2D eigenvalue weighted by atomic mass is 16.1. The third kappa shape index (κ3) is 2.35. The zero-order chi connectivity index (χ0) is 14.2. The lowest BCUT2D eigenvalue weighted by Gasteiger charge is -2.39. The number of benzene rings is 1. The first-order valence-corrected chi connectivity index (χ1v) is 7.61. The van der Waals surface area contributed by atoms with Crippen molar-refractivity contribution in [1.82, 2.24) is 0 Å². The molecule has 2 atom stereocenters. The number of aryl methyl sites for hydroxylation is 1. The van der Waals surface area contributed by atoms with Crippen molar-refractivity contribution >= 4 is 5.78 Å². The van der Waals surface area contributed by atoms with E-state index in [0.29, 0.717) is 11.3 Å². The standard InChI is InChI=1S/C18H26O/c1-6-14-10-17-15(11-16(14)13(4)19)12(3)8-9-18(17,5)7-2/h10-12H,6-9H2,1-5H3/t12-,18-/m1/s1. The fraction of sp³-hybridized carbons (Fsp3) is 0.611. The molecule has 1 aromatic rings. The van der Waals surface area contributed by atoms with E-state index < -0.39 is 0 Å². The molecule has 0 bridgehead atoms. The lowest BCUT2D eigenvalue weighted by molar-refractivity contribution is 0.101. The molecule has 0 N–H and O–H groups in total. The summed E-state index contributed by atoms with van der Waals surface area (Å²) >= 11 is 0. The van der Waals surface area contributed by atoms with E-state index in [1.807, 2.05) is 0 Å². The van der Waals surface area contributed by atoms with Crippen LogP contribution in [0.15, 0.2) is 12.1 Å². The van der Waals surface area contributed by atoms with Crippen LogP contribution in [0.2, 0.25) is 0 Å². The molecule has 0 saturated carbocycles. The molecule has 0 unspecified atom stereocenters. The normalized spacial score (nSPS) is 26.1. The Kier molecular flexibility index (Phi) is 3.85. The van der Waals surface area contributed by atoms with Gasteiger partial charge < -0.3 is 0 Å². The van der Waals surface area contributed by atoms with Crippen LogP contribution in [0.3, 0.4) is 0 Å². The first-order chi connectivity index (χ1) is 8.92. The number of Topliss-reactive ketones (excluding diaryl/α,β-unsaturated/α-hetero) is 1. The predicted molar refractivity (Wildman–Crippen MR) is 81.1 cm³/mol. The molecule has 19 heavy (non-hydrogen) atoms. The molecular formula is C18H26O. The average molecular weight is 258 g/mol. The number of hydrogen-bond donors (Lipinski definition) is 0. The van der Waals surface area contributed by atoms with E-state index in [0.717, 1.165) is 12.0 Å². The van der Waals surface area contributed by atoms with Gasteiger partial charge in [0.15, 0.2) is 5.78 Å². The Morgan fingerprint density at radius 1 is 1.37 bits per heavy atom. The molecule has 1 aliphatic rings. The van der Waals surface area contributed by atoms with Crippen molar-refractivity contribution in [3.05, 3.63) is 34.4 Å². The largest absolute Gasteiger partial charge is 0.295 e. The van der Waals surface area contributed by atoms with Crippen LogP contribution in [-0.4, -0.2) is 5.78 Å². The maximum Gasteiger partial charge on any atom is 0.160 e. The van der Waals surface area contributed by atoms with Crippen molar-refractivity contribution in [2.75, 3.05) is 0 Å². The van der Waals surface area contributed by atoms with Crippen molar-refractivity contribution in [3.8, 4) is 0 Å². The van der Waals surface area contributed by atoms with Gasteiger partial charge in [0, 0.05) is 5.56 Å². The summed E-state index contributed by atoms with van der Waals surface area (Å²) in [6.45, 7) is 10.8. The number of hydrogen-bond acceptors (Lipinski definition) is 1. The van der Waals surface area contributed by atoms with Gasteiger partial charge in [-0.25, -0.2) is 0 Å². The molecule has 2 rings (SSSR count). The minimum absolute atomic E-state index is 0.204. The highest BCUT2D eigenvalue weighted by Crippen LogP contribution is 2.45. The molecule has 0 spiro atoms. The Labute approximate surface area is 117 Å². The Balaban J connectivity index is 2.67. The lowest BCUT2D eigenvalue weighted by Crippen LogP contribution is -2.29. The van der Waals surface area contributed by atoms with Crippen LogP contribution in [-0.2, 0) is 11.8 Å². The second kappa shape index (κ2) is 5.11. The fourth-order valence-electron chi connectivity index (χ4n) is 3.40. The molecule has 0 saturated heterocycles. The van der Waals surface area contributed by atoms with E-state index in [4.69, 9.17) is 0 Å². The summed E-state index contributed by atoms with van der Waals surface area (Å²) in [6, 6.07) is 4.51. The van der Waals surface area contributed by atoms with Gasteiger partial charge in [-0.05, 0) is 66.7 Å². The van der Waals surface area contributed by atoms with Gasteiger partial charge in [0.1, 0.15) is 0 Å². The van der Waals surface area contributed by atoms with Crippen LogP contribution in [0.4, 0.5) is 0 Å². The number of carbonyl (C=O) groups is 1. The number of ketones is 1. The Hall–Kier alpha value is -1.11.